The van der Waals surface area contributed by atoms with Crippen LogP contribution in [-0.2, 0) is 6.42 Å². The third kappa shape index (κ3) is 3.52. The molecule has 28 heavy (non-hydrogen) atoms. The van der Waals surface area contributed by atoms with Crippen molar-refractivity contribution in [1.82, 2.24) is 30.6 Å². The lowest BCUT2D eigenvalue weighted by Gasteiger charge is -2.15. The SMILES string of the molecule is COc1cc(Cc2cncnc2)cc(-c2ccc(-c3nn[nH]n3)cc2)c1OC. The Morgan fingerprint density at radius 2 is 1.64 bits per heavy atom. The number of tetrazole rings is 1. The predicted octanol–water partition coefficient (Wildman–Crippen LogP) is 2.93. The number of hydrogen-bond donors (Lipinski definition) is 1. The maximum atomic E-state index is 5.64. The fourth-order valence-corrected chi connectivity index (χ4v) is 3.08. The molecule has 0 saturated carbocycles. The van der Waals surface area contributed by atoms with Gasteiger partial charge in [0.1, 0.15) is 6.33 Å². The molecule has 0 aliphatic heterocycles. The average Bonchev–Trinajstić information content (AvgIpc) is 3.29. The van der Waals surface area contributed by atoms with E-state index in [0.717, 1.165) is 27.8 Å². The van der Waals surface area contributed by atoms with E-state index in [1.165, 1.54) is 6.33 Å². The Labute approximate surface area is 161 Å². The molecule has 0 unspecified atom stereocenters. The molecule has 0 fully saturated rings. The van der Waals surface area contributed by atoms with Crippen LogP contribution in [0.4, 0.5) is 0 Å². The number of ether oxygens (including phenoxy) is 2. The first-order chi connectivity index (χ1) is 13.8. The van der Waals surface area contributed by atoms with Gasteiger partial charge in [-0.2, -0.15) is 5.21 Å². The highest BCUT2D eigenvalue weighted by molar-refractivity contribution is 5.76. The summed E-state index contributed by atoms with van der Waals surface area (Å²) in [7, 11) is 3.27. The van der Waals surface area contributed by atoms with E-state index in [2.05, 4.69) is 36.7 Å². The van der Waals surface area contributed by atoms with Crippen molar-refractivity contribution in [3.63, 3.8) is 0 Å². The molecule has 0 saturated heterocycles. The zero-order valence-corrected chi connectivity index (χ0v) is 15.5. The zero-order valence-electron chi connectivity index (χ0n) is 15.5. The molecule has 140 valence electrons. The van der Waals surface area contributed by atoms with Crippen LogP contribution in [0.5, 0.6) is 11.5 Å². The van der Waals surface area contributed by atoms with Gasteiger partial charge in [0, 0.05) is 29.9 Å². The molecule has 2 aromatic heterocycles. The van der Waals surface area contributed by atoms with Crippen molar-refractivity contribution in [2.75, 3.05) is 14.2 Å². The van der Waals surface area contributed by atoms with Gasteiger partial charge in [-0.3, -0.25) is 0 Å². The molecule has 8 heteroatoms. The molecule has 1 N–H and O–H groups in total. The van der Waals surface area contributed by atoms with Crippen LogP contribution in [0.2, 0.25) is 0 Å². The summed E-state index contributed by atoms with van der Waals surface area (Å²) in [6.45, 7) is 0. The Bertz CT molecular complexity index is 1050. The first-order valence-electron chi connectivity index (χ1n) is 8.61. The molecular weight excluding hydrogens is 356 g/mol. The second-order valence-electron chi connectivity index (χ2n) is 6.12. The third-order valence-electron chi connectivity index (χ3n) is 4.36. The monoisotopic (exact) mass is 374 g/mol. The molecule has 0 atom stereocenters. The van der Waals surface area contributed by atoms with Crippen LogP contribution in [0.25, 0.3) is 22.5 Å². The van der Waals surface area contributed by atoms with Crippen molar-refractivity contribution in [3.8, 4) is 34.0 Å². The van der Waals surface area contributed by atoms with Crippen LogP contribution < -0.4 is 9.47 Å². The number of methoxy groups -OCH3 is 2. The van der Waals surface area contributed by atoms with Crippen LogP contribution >= 0.6 is 0 Å². The van der Waals surface area contributed by atoms with Gasteiger partial charge in [-0.05, 0) is 34.0 Å². The average molecular weight is 374 g/mol. The minimum Gasteiger partial charge on any atom is -0.493 e. The van der Waals surface area contributed by atoms with Gasteiger partial charge in [0.2, 0.25) is 5.82 Å². The number of benzene rings is 2. The minimum absolute atomic E-state index is 0.550. The Morgan fingerprint density at radius 3 is 2.29 bits per heavy atom. The van der Waals surface area contributed by atoms with E-state index in [0.29, 0.717) is 23.7 Å². The second-order valence-corrected chi connectivity index (χ2v) is 6.12. The number of aromatic nitrogens is 6. The number of rotatable bonds is 6. The van der Waals surface area contributed by atoms with Gasteiger partial charge in [-0.15, -0.1) is 10.2 Å². The number of nitrogens with zero attached hydrogens (tertiary/aromatic N) is 5. The maximum absolute atomic E-state index is 5.64. The standard InChI is InChI=1S/C20H18N6O2/c1-27-18-9-13(7-14-10-21-12-22-11-14)8-17(19(18)28-2)15-3-5-16(6-4-15)20-23-25-26-24-20/h3-6,8-12H,7H2,1-2H3,(H,23,24,25,26). The van der Waals surface area contributed by atoms with Crippen LogP contribution in [0, 0.1) is 0 Å². The van der Waals surface area contributed by atoms with E-state index in [1.54, 1.807) is 14.2 Å². The Hall–Kier alpha value is -3.81. The van der Waals surface area contributed by atoms with E-state index in [-0.39, 0.29) is 0 Å². The van der Waals surface area contributed by atoms with E-state index in [1.807, 2.05) is 42.7 Å². The highest BCUT2D eigenvalue weighted by Gasteiger charge is 2.15. The number of H-pyrrole nitrogens is 1. The molecule has 2 heterocycles. The van der Waals surface area contributed by atoms with Crippen molar-refractivity contribution in [1.29, 1.82) is 0 Å². The Kier molecular flexibility index (Phi) is 4.92. The fourth-order valence-electron chi connectivity index (χ4n) is 3.08. The van der Waals surface area contributed by atoms with Gasteiger partial charge in [-0.1, -0.05) is 24.3 Å². The smallest absolute Gasteiger partial charge is 0.204 e. The summed E-state index contributed by atoms with van der Waals surface area (Å²) >= 11 is 0. The molecule has 0 spiro atoms. The number of nitrogens with one attached hydrogen (secondary N) is 1. The largest absolute Gasteiger partial charge is 0.493 e. The van der Waals surface area contributed by atoms with Crippen LogP contribution in [0.3, 0.4) is 0 Å². The Balaban J connectivity index is 1.75. The van der Waals surface area contributed by atoms with Gasteiger partial charge in [0.05, 0.1) is 14.2 Å². The van der Waals surface area contributed by atoms with Crippen molar-refractivity contribution in [3.05, 3.63) is 66.2 Å². The first-order valence-corrected chi connectivity index (χ1v) is 8.61. The molecule has 0 bridgehead atoms. The molecule has 4 aromatic rings. The van der Waals surface area contributed by atoms with Crippen LogP contribution in [-0.4, -0.2) is 44.8 Å². The van der Waals surface area contributed by atoms with Crippen molar-refractivity contribution in [2.45, 2.75) is 6.42 Å². The van der Waals surface area contributed by atoms with Gasteiger partial charge in [0.15, 0.2) is 11.5 Å². The predicted molar refractivity (Wildman–Crippen MR) is 103 cm³/mol. The molecule has 4 rings (SSSR count). The second kappa shape index (κ2) is 7.83. The van der Waals surface area contributed by atoms with Gasteiger partial charge in [-0.25, -0.2) is 9.97 Å². The quantitative estimate of drug-likeness (QED) is 0.554. The molecule has 0 aliphatic carbocycles. The van der Waals surface area contributed by atoms with Gasteiger partial charge in [0.25, 0.3) is 0 Å². The summed E-state index contributed by atoms with van der Waals surface area (Å²) in [6.07, 6.45) is 5.83. The lowest BCUT2D eigenvalue weighted by Crippen LogP contribution is -1.98. The molecule has 0 radical (unpaired) electrons. The summed E-state index contributed by atoms with van der Waals surface area (Å²) in [6, 6.07) is 12.0. The maximum Gasteiger partial charge on any atom is 0.204 e. The number of hydrogen-bond acceptors (Lipinski definition) is 7. The minimum atomic E-state index is 0.550. The van der Waals surface area contributed by atoms with Crippen molar-refractivity contribution < 1.29 is 9.47 Å². The van der Waals surface area contributed by atoms with E-state index in [9.17, 15) is 0 Å². The molecule has 2 aromatic carbocycles. The lowest BCUT2D eigenvalue weighted by molar-refractivity contribution is 0.356. The van der Waals surface area contributed by atoms with Crippen molar-refractivity contribution >= 4 is 0 Å². The third-order valence-corrected chi connectivity index (χ3v) is 4.36. The normalized spacial score (nSPS) is 10.6. The summed E-state index contributed by atoms with van der Waals surface area (Å²) in [5, 5.41) is 14.1. The topological polar surface area (TPSA) is 98.7 Å². The molecule has 8 nitrogen and oxygen atoms in total. The highest BCUT2D eigenvalue weighted by atomic mass is 16.5. The van der Waals surface area contributed by atoms with E-state index >= 15 is 0 Å². The highest BCUT2D eigenvalue weighted by Crippen LogP contribution is 2.40. The summed E-state index contributed by atoms with van der Waals surface area (Å²) in [5.74, 6) is 1.91. The zero-order chi connectivity index (χ0) is 19.3. The summed E-state index contributed by atoms with van der Waals surface area (Å²) < 4.78 is 11.2. The van der Waals surface area contributed by atoms with E-state index < -0.39 is 0 Å². The number of aromatic amines is 1. The molecule has 0 aliphatic rings. The molecule has 0 amide bonds. The summed E-state index contributed by atoms with van der Waals surface area (Å²) in [4.78, 5) is 8.17. The van der Waals surface area contributed by atoms with Gasteiger partial charge >= 0.3 is 0 Å². The summed E-state index contributed by atoms with van der Waals surface area (Å²) in [5.41, 5.74) is 4.90. The molecular formula is C20H18N6O2. The van der Waals surface area contributed by atoms with Gasteiger partial charge < -0.3 is 9.47 Å². The van der Waals surface area contributed by atoms with Crippen molar-refractivity contribution in [2.24, 2.45) is 0 Å². The Morgan fingerprint density at radius 1 is 0.893 bits per heavy atom. The van der Waals surface area contributed by atoms with E-state index in [4.69, 9.17) is 9.47 Å². The van der Waals surface area contributed by atoms with Crippen LogP contribution in [0.15, 0.2) is 55.1 Å². The fraction of sp³-hybridized carbons (Fsp3) is 0.150. The van der Waals surface area contributed by atoms with Crippen LogP contribution in [0.1, 0.15) is 11.1 Å². The lowest BCUT2D eigenvalue weighted by atomic mass is 9.97. The first kappa shape index (κ1) is 17.6.